The summed E-state index contributed by atoms with van der Waals surface area (Å²) in [4.78, 5) is 24.4. The maximum atomic E-state index is 12.3. The number of hydrogen-bond acceptors (Lipinski definition) is 5. The number of rotatable bonds is 9. The molecular formula is C19H30O5. The highest BCUT2D eigenvalue weighted by Crippen LogP contribution is 2.32. The van der Waals surface area contributed by atoms with Crippen molar-refractivity contribution in [1.82, 2.24) is 0 Å². The average molecular weight is 338 g/mol. The first-order chi connectivity index (χ1) is 11.6. The van der Waals surface area contributed by atoms with Crippen molar-refractivity contribution in [3.05, 3.63) is 11.3 Å². The predicted molar refractivity (Wildman–Crippen MR) is 90.7 cm³/mol. The molecule has 0 aromatic carbocycles. The molecule has 1 N–H and O–H groups in total. The molecule has 136 valence electrons. The molecule has 1 unspecified atom stereocenters. The third-order valence-electron chi connectivity index (χ3n) is 5.04. The molecule has 2 aliphatic rings. The van der Waals surface area contributed by atoms with E-state index in [1.807, 2.05) is 0 Å². The first-order valence-corrected chi connectivity index (χ1v) is 9.27. The number of ether oxygens (including phenoxy) is 2. The Morgan fingerprint density at radius 2 is 1.88 bits per heavy atom. The highest BCUT2D eigenvalue weighted by atomic mass is 16.5. The van der Waals surface area contributed by atoms with Crippen LogP contribution in [0.4, 0.5) is 0 Å². The molecule has 2 rings (SSSR count). The van der Waals surface area contributed by atoms with Crippen LogP contribution in [-0.2, 0) is 19.1 Å². The summed E-state index contributed by atoms with van der Waals surface area (Å²) in [5.74, 6) is -0.560. The molecule has 1 saturated carbocycles. The molecule has 0 spiro atoms. The third-order valence-corrected chi connectivity index (χ3v) is 5.04. The predicted octanol–water partition coefficient (Wildman–Crippen LogP) is 3.86. The first-order valence-electron chi connectivity index (χ1n) is 9.27. The van der Waals surface area contributed by atoms with Crippen molar-refractivity contribution in [3.8, 4) is 0 Å². The normalized spacial score (nSPS) is 24.3. The number of carbonyl (C=O) groups is 2. The Kier molecular flexibility index (Phi) is 7.76. The Morgan fingerprint density at radius 1 is 1.17 bits per heavy atom. The molecule has 0 aromatic heterocycles. The zero-order valence-corrected chi connectivity index (χ0v) is 14.7. The summed E-state index contributed by atoms with van der Waals surface area (Å²) in [6, 6.07) is 0. The van der Waals surface area contributed by atoms with Gasteiger partial charge in [-0.2, -0.15) is 0 Å². The SMILES string of the molecule is COCCCCCCC1CC(=O)C(=C(O)CC2CCCC2)C(=O)O1. The number of methoxy groups -OCH3 is 1. The topological polar surface area (TPSA) is 72.8 Å². The molecule has 0 radical (unpaired) electrons. The number of carbonyl (C=O) groups excluding carboxylic acids is 2. The van der Waals surface area contributed by atoms with E-state index >= 15 is 0 Å². The molecular weight excluding hydrogens is 308 g/mol. The summed E-state index contributed by atoms with van der Waals surface area (Å²) in [5.41, 5.74) is -0.0988. The van der Waals surface area contributed by atoms with E-state index in [1.165, 1.54) is 0 Å². The number of allylic oxidation sites excluding steroid dienone is 1. The summed E-state index contributed by atoms with van der Waals surface area (Å²) in [7, 11) is 1.69. The van der Waals surface area contributed by atoms with E-state index in [4.69, 9.17) is 9.47 Å². The largest absolute Gasteiger partial charge is 0.511 e. The Bertz CT molecular complexity index is 442. The molecule has 1 atom stereocenters. The maximum absolute atomic E-state index is 12.3. The number of unbranched alkanes of at least 4 members (excludes halogenated alkanes) is 3. The molecule has 1 heterocycles. The van der Waals surface area contributed by atoms with Crippen molar-refractivity contribution in [1.29, 1.82) is 0 Å². The van der Waals surface area contributed by atoms with Crippen LogP contribution in [0.25, 0.3) is 0 Å². The average Bonchev–Trinajstić information content (AvgIpc) is 3.03. The van der Waals surface area contributed by atoms with E-state index in [0.29, 0.717) is 18.8 Å². The van der Waals surface area contributed by atoms with Crippen molar-refractivity contribution in [2.24, 2.45) is 5.92 Å². The van der Waals surface area contributed by atoms with Crippen molar-refractivity contribution < 1.29 is 24.2 Å². The molecule has 0 aromatic rings. The number of hydrogen-bond donors (Lipinski definition) is 1. The standard InChI is InChI=1S/C19H30O5/c1-23-11-7-3-2-4-10-15-13-17(21)18(19(22)24-15)16(20)12-14-8-5-6-9-14/h14-15,20H,2-13H2,1H3. The van der Waals surface area contributed by atoms with Crippen LogP contribution in [0.15, 0.2) is 11.3 Å². The third kappa shape index (κ3) is 5.62. The lowest BCUT2D eigenvalue weighted by atomic mass is 9.94. The lowest BCUT2D eigenvalue weighted by Gasteiger charge is -2.24. The fourth-order valence-electron chi connectivity index (χ4n) is 3.68. The minimum absolute atomic E-state index is 0.0603. The zero-order valence-electron chi connectivity index (χ0n) is 14.7. The van der Waals surface area contributed by atoms with Crippen molar-refractivity contribution in [2.45, 2.75) is 76.7 Å². The van der Waals surface area contributed by atoms with Crippen molar-refractivity contribution in [2.75, 3.05) is 13.7 Å². The van der Waals surface area contributed by atoms with Crippen LogP contribution in [0.3, 0.4) is 0 Å². The zero-order chi connectivity index (χ0) is 17.4. The number of ketones is 1. The van der Waals surface area contributed by atoms with Gasteiger partial charge in [-0.1, -0.05) is 38.5 Å². The molecule has 24 heavy (non-hydrogen) atoms. The highest BCUT2D eigenvalue weighted by molar-refractivity contribution is 6.19. The van der Waals surface area contributed by atoms with E-state index in [0.717, 1.165) is 58.0 Å². The van der Waals surface area contributed by atoms with E-state index in [2.05, 4.69) is 0 Å². The highest BCUT2D eigenvalue weighted by Gasteiger charge is 2.35. The van der Waals surface area contributed by atoms with Crippen LogP contribution in [0.1, 0.15) is 70.6 Å². The Balaban J connectivity index is 1.78. The minimum Gasteiger partial charge on any atom is -0.511 e. The number of cyclic esters (lactones) is 1. The quantitative estimate of drug-likeness (QED) is 0.227. The van der Waals surface area contributed by atoms with Crippen LogP contribution < -0.4 is 0 Å². The Hall–Kier alpha value is -1.36. The maximum Gasteiger partial charge on any atom is 0.345 e. The molecule has 1 saturated heterocycles. The van der Waals surface area contributed by atoms with Gasteiger partial charge in [-0.05, 0) is 25.2 Å². The van der Waals surface area contributed by atoms with Gasteiger partial charge in [0.2, 0.25) is 0 Å². The van der Waals surface area contributed by atoms with Gasteiger partial charge in [-0.25, -0.2) is 4.79 Å². The van der Waals surface area contributed by atoms with Gasteiger partial charge in [0.15, 0.2) is 5.78 Å². The molecule has 0 bridgehead atoms. The second kappa shape index (κ2) is 9.82. The fraction of sp³-hybridized carbons (Fsp3) is 0.789. The molecule has 5 nitrogen and oxygen atoms in total. The monoisotopic (exact) mass is 338 g/mol. The Morgan fingerprint density at radius 3 is 2.54 bits per heavy atom. The van der Waals surface area contributed by atoms with Gasteiger partial charge >= 0.3 is 5.97 Å². The van der Waals surface area contributed by atoms with E-state index < -0.39 is 5.97 Å². The minimum atomic E-state index is -0.633. The fourth-order valence-corrected chi connectivity index (χ4v) is 3.68. The number of esters is 1. The summed E-state index contributed by atoms with van der Waals surface area (Å²) < 4.78 is 10.4. The molecule has 5 heteroatoms. The molecule has 1 aliphatic heterocycles. The van der Waals surface area contributed by atoms with Gasteiger partial charge in [0.25, 0.3) is 0 Å². The lowest BCUT2D eigenvalue weighted by Crippen LogP contribution is -2.33. The van der Waals surface area contributed by atoms with Crippen LogP contribution in [0, 0.1) is 5.92 Å². The summed E-state index contributed by atoms with van der Waals surface area (Å²) >= 11 is 0. The van der Waals surface area contributed by atoms with Gasteiger partial charge < -0.3 is 14.6 Å². The van der Waals surface area contributed by atoms with Crippen LogP contribution in [0.5, 0.6) is 0 Å². The summed E-state index contributed by atoms with van der Waals surface area (Å²) in [6.45, 7) is 0.769. The van der Waals surface area contributed by atoms with Crippen LogP contribution in [0.2, 0.25) is 0 Å². The van der Waals surface area contributed by atoms with Gasteiger partial charge in [0.1, 0.15) is 17.4 Å². The van der Waals surface area contributed by atoms with Crippen LogP contribution in [-0.4, -0.2) is 36.7 Å². The van der Waals surface area contributed by atoms with E-state index in [9.17, 15) is 14.7 Å². The van der Waals surface area contributed by atoms with Gasteiger partial charge in [-0.15, -0.1) is 0 Å². The van der Waals surface area contributed by atoms with Gasteiger partial charge in [0, 0.05) is 26.6 Å². The van der Waals surface area contributed by atoms with Gasteiger partial charge in [-0.3, -0.25) is 4.79 Å². The molecule has 0 amide bonds. The van der Waals surface area contributed by atoms with Crippen LogP contribution >= 0.6 is 0 Å². The van der Waals surface area contributed by atoms with E-state index in [-0.39, 0.29) is 29.6 Å². The molecule has 1 aliphatic carbocycles. The van der Waals surface area contributed by atoms with E-state index in [1.54, 1.807) is 7.11 Å². The van der Waals surface area contributed by atoms with Crippen molar-refractivity contribution in [3.63, 3.8) is 0 Å². The smallest absolute Gasteiger partial charge is 0.345 e. The number of aliphatic hydroxyl groups excluding tert-OH is 1. The van der Waals surface area contributed by atoms with Crippen molar-refractivity contribution >= 4 is 11.8 Å². The second-order valence-electron chi connectivity index (χ2n) is 7.03. The number of aliphatic hydroxyl groups is 1. The molecule has 2 fully saturated rings. The first kappa shape index (κ1) is 19.0. The number of Topliss-reactive ketones (excluding diaryl/α,β-unsaturated/α-hetero) is 1. The summed E-state index contributed by atoms with van der Waals surface area (Å²) in [6.07, 6.45) is 9.54. The summed E-state index contributed by atoms with van der Waals surface area (Å²) in [5, 5.41) is 10.2. The second-order valence-corrected chi connectivity index (χ2v) is 7.03. The Labute approximate surface area is 144 Å². The lowest BCUT2D eigenvalue weighted by molar-refractivity contribution is -0.151. The van der Waals surface area contributed by atoms with Gasteiger partial charge in [0.05, 0.1) is 0 Å².